The maximum atomic E-state index is 12.5. The molecule has 6 nitrogen and oxygen atoms in total. The Morgan fingerprint density at radius 3 is 2.42 bits per heavy atom. The van der Waals surface area contributed by atoms with Gasteiger partial charge in [-0.25, -0.2) is 0 Å². The summed E-state index contributed by atoms with van der Waals surface area (Å²) >= 11 is 0. The monoisotopic (exact) mass is 401 g/mol. The SMILES string of the molecule is O=C([O-])C(Cc1ccc([O-])cc1)NC(=O)[C@@H]1Cc2ccccc2CN1.[Cu+2]. The van der Waals surface area contributed by atoms with Crippen LogP contribution in [0.5, 0.6) is 5.75 Å². The standard InChI is InChI=1S/C19H20N2O4.Cu/c22-15-7-5-12(6-8-15)9-17(19(24)25)21-18(23)16-10-13-3-1-2-4-14(13)11-20-16;/h1-8,16-17,20,22H,9-11H2,(H,21,23)(H,24,25);/q;+2/p-2/t16-,17?;/m0./s1. The van der Waals surface area contributed by atoms with Crippen LogP contribution in [0, 0.1) is 0 Å². The van der Waals surface area contributed by atoms with Crippen molar-refractivity contribution < 1.29 is 36.9 Å². The second-order valence-electron chi connectivity index (χ2n) is 6.13. The number of carboxylic acids is 1. The van der Waals surface area contributed by atoms with Crippen LogP contribution in [0.4, 0.5) is 0 Å². The maximum absolute atomic E-state index is 12.5. The van der Waals surface area contributed by atoms with Crippen LogP contribution in [0.1, 0.15) is 16.7 Å². The summed E-state index contributed by atoms with van der Waals surface area (Å²) in [5, 5.41) is 28.2. The third-order valence-corrected chi connectivity index (χ3v) is 4.36. The number of carbonyl (C=O) groups excluding carboxylic acids is 2. The largest absolute Gasteiger partial charge is 2.00 e. The fraction of sp³-hybridized carbons (Fsp3) is 0.263. The molecule has 2 N–H and O–H groups in total. The van der Waals surface area contributed by atoms with Gasteiger partial charge in [0, 0.05) is 6.54 Å². The van der Waals surface area contributed by atoms with Gasteiger partial charge in [0.1, 0.15) is 0 Å². The van der Waals surface area contributed by atoms with Gasteiger partial charge in [-0.2, -0.15) is 0 Å². The van der Waals surface area contributed by atoms with E-state index in [0.29, 0.717) is 18.5 Å². The number of amides is 1. The van der Waals surface area contributed by atoms with Crippen molar-refractivity contribution in [2.45, 2.75) is 31.5 Å². The van der Waals surface area contributed by atoms with E-state index in [1.54, 1.807) is 12.1 Å². The second kappa shape index (κ2) is 8.85. The molecule has 0 aromatic heterocycles. The summed E-state index contributed by atoms with van der Waals surface area (Å²) in [6.45, 7) is 0.565. The van der Waals surface area contributed by atoms with E-state index in [9.17, 15) is 19.8 Å². The quantitative estimate of drug-likeness (QED) is 0.641. The van der Waals surface area contributed by atoms with E-state index in [1.165, 1.54) is 12.1 Å². The molecule has 3 rings (SSSR count). The van der Waals surface area contributed by atoms with Crippen LogP contribution in [0.15, 0.2) is 48.5 Å². The molecule has 1 heterocycles. The van der Waals surface area contributed by atoms with Gasteiger partial charge in [-0.3, -0.25) is 4.79 Å². The molecule has 0 aliphatic carbocycles. The Kier molecular flexibility index (Phi) is 6.80. The molecular weight excluding hydrogens is 384 g/mol. The normalized spacial score (nSPS) is 16.7. The number of aliphatic carboxylic acids is 1. The van der Waals surface area contributed by atoms with E-state index in [4.69, 9.17) is 0 Å². The van der Waals surface area contributed by atoms with Crippen LogP contribution < -0.4 is 20.8 Å². The second-order valence-corrected chi connectivity index (χ2v) is 6.13. The van der Waals surface area contributed by atoms with Gasteiger partial charge < -0.3 is 25.6 Å². The van der Waals surface area contributed by atoms with Crippen molar-refractivity contribution in [1.29, 1.82) is 0 Å². The first kappa shape index (κ1) is 20.0. The molecule has 1 unspecified atom stereocenters. The summed E-state index contributed by atoms with van der Waals surface area (Å²) in [7, 11) is 0. The van der Waals surface area contributed by atoms with Crippen molar-refractivity contribution in [3.8, 4) is 5.75 Å². The van der Waals surface area contributed by atoms with Crippen molar-refractivity contribution in [3.05, 3.63) is 65.2 Å². The molecule has 139 valence electrons. The van der Waals surface area contributed by atoms with Crippen molar-refractivity contribution in [1.82, 2.24) is 10.6 Å². The Bertz CT molecular complexity index is 779. The molecule has 0 fully saturated rings. The zero-order valence-electron chi connectivity index (χ0n) is 13.8. The number of carbonyl (C=O) groups is 2. The van der Waals surface area contributed by atoms with Crippen LogP contribution >= 0.6 is 0 Å². The van der Waals surface area contributed by atoms with Crippen molar-refractivity contribution >= 4 is 11.9 Å². The Morgan fingerprint density at radius 1 is 1.12 bits per heavy atom. The Balaban J connectivity index is 0.00000243. The molecule has 2 atom stereocenters. The number of fused-ring (bicyclic) bond motifs is 1. The predicted octanol–water partition coefficient (Wildman–Crippen LogP) is -0.751. The van der Waals surface area contributed by atoms with E-state index >= 15 is 0 Å². The molecule has 1 amide bonds. The van der Waals surface area contributed by atoms with E-state index < -0.39 is 18.1 Å². The minimum atomic E-state index is -1.35. The van der Waals surface area contributed by atoms with Crippen LogP contribution in [-0.4, -0.2) is 24.0 Å². The minimum Gasteiger partial charge on any atom is -0.872 e. The Hall–Kier alpha value is -2.34. The average Bonchev–Trinajstić information content (AvgIpc) is 2.62. The molecule has 26 heavy (non-hydrogen) atoms. The average molecular weight is 402 g/mol. The molecule has 0 spiro atoms. The van der Waals surface area contributed by atoms with Gasteiger partial charge in [-0.05, 0) is 29.5 Å². The Morgan fingerprint density at radius 2 is 1.77 bits per heavy atom. The molecule has 0 saturated heterocycles. The summed E-state index contributed by atoms with van der Waals surface area (Å²) in [6, 6.07) is 12.0. The smallest absolute Gasteiger partial charge is 0.872 e. The predicted molar refractivity (Wildman–Crippen MR) is 87.3 cm³/mol. The van der Waals surface area contributed by atoms with Gasteiger partial charge in [0.15, 0.2) is 0 Å². The molecule has 1 aliphatic heterocycles. The summed E-state index contributed by atoms with van der Waals surface area (Å²) < 4.78 is 0. The van der Waals surface area contributed by atoms with Crippen LogP contribution in [-0.2, 0) is 46.0 Å². The van der Waals surface area contributed by atoms with E-state index in [2.05, 4.69) is 10.6 Å². The summed E-state index contributed by atoms with van der Waals surface area (Å²) in [5.41, 5.74) is 2.87. The van der Waals surface area contributed by atoms with E-state index in [1.807, 2.05) is 24.3 Å². The van der Waals surface area contributed by atoms with Crippen LogP contribution in [0.3, 0.4) is 0 Å². The van der Waals surface area contributed by atoms with Gasteiger partial charge in [0.25, 0.3) is 0 Å². The molecule has 1 aliphatic rings. The zero-order chi connectivity index (χ0) is 17.8. The first-order valence-electron chi connectivity index (χ1n) is 8.10. The van der Waals surface area contributed by atoms with Crippen molar-refractivity contribution in [2.24, 2.45) is 0 Å². The van der Waals surface area contributed by atoms with Gasteiger partial charge in [-0.15, -0.1) is 5.75 Å². The third-order valence-electron chi connectivity index (χ3n) is 4.36. The molecular formula is C19H18CuN2O4. The van der Waals surface area contributed by atoms with Crippen LogP contribution in [0.25, 0.3) is 0 Å². The van der Waals surface area contributed by atoms with E-state index in [-0.39, 0.29) is 35.1 Å². The maximum Gasteiger partial charge on any atom is 2.00 e. The fourth-order valence-electron chi connectivity index (χ4n) is 2.97. The molecule has 7 heteroatoms. The number of rotatable bonds is 5. The number of benzene rings is 2. The molecule has 2 aromatic rings. The number of nitrogens with one attached hydrogen (secondary N) is 2. The van der Waals surface area contributed by atoms with Crippen LogP contribution in [0.2, 0.25) is 0 Å². The summed E-state index contributed by atoms with van der Waals surface area (Å²) in [6.07, 6.45) is 0.574. The minimum absolute atomic E-state index is 0. The zero-order valence-corrected chi connectivity index (χ0v) is 14.8. The number of carboxylic acid groups (broad SMARTS) is 1. The van der Waals surface area contributed by atoms with Gasteiger partial charge in [0.05, 0.1) is 18.1 Å². The van der Waals surface area contributed by atoms with E-state index in [0.717, 1.165) is 11.1 Å². The first-order valence-corrected chi connectivity index (χ1v) is 8.10. The topological polar surface area (TPSA) is 104 Å². The molecule has 0 bridgehead atoms. The number of hydrogen-bond acceptors (Lipinski definition) is 5. The molecule has 0 saturated carbocycles. The third kappa shape index (κ3) is 4.85. The summed E-state index contributed by atoms with van der Waals surface area (Å²) in [4.78, 5) is 23.8. The van der Waals surface area contributed by atoms with Gasteiger partial charge in [0.2, 0.25) is 5.91 Å². The number of hydrogen-bond donors (Lipinski definition) is 2. The Labute approximate surface area is 162 Å². The summed E-state index contributed by atoms with van der Waals surface area (Å²) in [5.74, 6) is -1.87. The van der Waals surface area contributed by atoms with Gasteiger partial charge in [-0.1, -0.05) is 48.5 Å². The van der Waals surface area contributed by atoms with Crippen molar-refractivity contribution in [3.63, 3.8) is 0 Å². The molecule has 1 radical (unpaired) electrons. The fourth-order valence-corrected chi connectivity index (χ4v) is 2.97. The first-order chi connectivity index (χ1) is 12.0. The van der Waals surface area contributed by atoms with Gasteiger partial charge >= 0.3 is 17.1 Å². The van der Waals surface area contributed by atoms with Crippen molar-refractivity contribution in [2.75, 3.05) is 0 Å². The molecule has 2 aromatic carbocycles.